The molecule has 0 unspecified atom stereocenters. The molecular weight excluding hydrogens is 184 g/mol. The lowest BCUT2D eigenvalue weighted by molar-refractivity contribution is 1.46. The van der Waals surface area contributed by atoms with Crippen molar-refractivity contribution >= 4 is 10.8 Å². The molecule has 0 N–H and O–H groups in total. The first kappa shape index (κ1) is 9.24. The minimum absolute atomic E-state index is 0.546. The predicted octanol–water partition coefficient (Wildman–Crippen LogP) is 2.77. The highest BCUT2D eigenvalue weighted by Gasteiger charge is 2.07. The smallest absolute Gasteiger partial charge is 0.100 e. The third-order valence-electron chi connectivity index (χ3n) is 2.36. The molecular formula is C13H7N2. The van der Waals surface area contributed by atoms with Crippen LogP contribution >= 0.6 is 0 Å². The number of hydrogen-bond donors (Lipinski definition) is 0. The fourth-order valence-electron chi connectivity index (χ4n) is 1.66. The van der Waals surface area contributed by atoms with Crippen molar-refractivity contribution in [2.45, 2.75) is 0 Å². The molecule has 0 amide bonds. The van der Waals surface area contributed by atoms with Gasteiger partial charge < -0.3 is 0 Å². The molecule has 2 aromatic carbocycles. The second-order valence-corrected chi connectivity index (χ2v) is 3.23. The average Bonchev–Trinajstić information content (AvgIpc) is 2.28. The Morgan fingerprint density at radius 1 is 1.00 bits per heavy atom. The van der Waals surface area contributed by atoms with Crippen LogP contribution < -0.4 is 0 Å². The summed E-state index contributed by atoms with van der Waals surface area (Å²) < 4.78 is 0. The summed E-state index contributed by atoms with van der Waals surface area (Å²) in [5, 5.41) is 19.6. The highest BCUT2D eigenvalue weighted by atomic mass is 14.3. The maximum atomic E-state index is 9.01. The Hall–Kier alpha value is -2.32. The molecule has 0 bridgehead atoms. The Bertz CT molecular complexity index is 613. The van der Waals surface area contributed by atoms with Gasteiger partial charge in [0.2, 0.25) is 0 Å². The largest absolute Gasteiger partial charge is 0.192 e. The molecule has 1 radical (unpaired) electrons. The zero-order chi connectivity index (χ0) is 10.8. The van der Waals surface area contributed by atoms with Crippen LogP contribution in [0.2, 0.25) is 0 Å². The van der Waals surface area contributed by atoms with Gasteiger partial charge in [-0.2, -0.15) is 10.5 Å². The molecule has 0 aliphatic rings. The van der Waals surface area contributed by atoms with Crippen molar-refractivity contribution in [3.05, 3.63) is 53.9 Å². The monoisotopic (exact) mass is 191 g/mol. The molecule has 0 aliphatic heterocycles. The molecule has 0 atom stereocenters. The summed E-state index contributed by atoms with van der Waals surface area (Å²) in [5.74, 6) is 0. The number of fused-ring (bicyclic) bond motifs is 1. The molecule has 0 spiro atoms. The van der Waals surface area contributed by atoms with Gasteiger partial charge >= 0.3 is 0 Å². The van der Waals surface area contributed by atoms with E-state index in [-0.39, 0.29) is 0 Å². The molecule has 2 rings (SSSR count). The van der Waals surface area contributed by atoms with Gasteiger partial charge in [0.15, 0.2) is 0 Å². The molecule has 2 nitrogen and oxygen atoms in total. The highest BCUT2D eigenvalue weighted by molar-refractivity contribution is 5.93. The van der Waals surface area contributed by atoms with E-state index in [0.29, 0.717) is 16.7 Å². The van der Waals surface area contributed by atoms with Crippen LogP contribution in [0.15, 0.2) is 30.3 Å². The van der Waals surface area contributed by atoms with Crippen LogP contribution in [0.4, 0.5) is 0 Å². The SMILES string of the molecule is [CH2]c1cc(C#N)c2ccccc2c1C#N. The molecule has 0 aromatic heterocycles. The Morgan fingerprint density at radius 2 is 1.67 bits per heavy atom. The number of rotatable bonds is 0. The molecule has 0 saturated carbocycles. The fraction of sp³-hybridized carbons (Fsp3) is 0. The summed E-state index contributed by atoms with van der Waals surface area (Å²) >= 11 is 0. The van der Waals surface area contributed by atoms with Crippen LogP contribution in [-0.4, -0.2) is 0 Å². The molecule has 69 valence electrons. The number of nitrogens with zero attached hydrogens (tertiary/aromatic N) is 2. The summed E-state index contributed by atoms with van der Waals surface area (Å²) in [6, 6.07) is 13.3. The average molecular weight is 191 g/mol. The first-order valence-electron chi connectivity index (χ1n) is 4.46. The van der Waals surface area contributed by atoms with Gasteiger partial charge in [0.05, 0.1) is 17.2 Å². The van der Waals surface area contributed by atoms with Crippen molar-refractivity contribution in [2.75, 3.05) is 0 Å². The van der Waals surface area contributed by atoms with Crippen molar-refractivity contribution in [3.63, 3.8) is 0 Å². The maximum absolute atomic E-state index is 9.01. The second kappa shape index (κ2) is 3.44. The van der Waals surface area contributed by atoms with Gasteiger partial charge in [-0.05, 0) is 18.6 Å². The molecule has 2 aromatic rings. The zero-order valence-electron chi connectivity index (χ0n) is 7.99. The van der Waals surface area contributed by atoms with E-state index in [2.05, 4.69) is 19.1 Å². The van der Waals surface area contributed by atoms with Gasteiger partial charge in [0.25, 0.3) is 0 Å². The quantitative estimate of drug-likeness (QED) is 0.642. The lowest BCUT2D eigenvalue weighted by atomic mass is 9.96. The van der Waals surface area contributed by atoms with E-state index in [0.717, 1.165) is 10.8 Å². The third-order valence-corrected chi connectivity index (χ3v) is 2.36. The van der Waals surface area contributed by atoms with E-state index < -0.39 is 0 Å². The van der Waals surface area contributed by atoms with Gasteiger partial charge in [0, 0.05) is 10.8 Å². The van der Waals surface area contributed by atoms with Crippen LogP contribution in [0.1, 0.15) is 16.7 Å². The van der Waals surface area contributed by atoms with Crippen LogP contribution in [0.3, 0.4) is 0 Å². The maximum Gasteiger partial charge on any atom is 0.100 e. The van der Waals surface area contributed by atoms with Crippen molar-refractivity contribution < 1.29 is 0 Å². The summed E-state index contributed by atoms with van der Waals surface area (Å²) in [7, 11) is 0. The van der Waals surface area contributed by atoms with Crippen LogP contribution in [0.25, 0.3) is 10.8 Å². The summed E-state index contributed by atoms with van der Waals surface area (Å²) in [5.41, 5.74) is 1.71. The molecule has 0 fully saturated rings. The number of nitriles is 2. The van der Waals surface area contributed by atoms with E-state index >= 15 is 0 Å². The van der Waals surface area contributed by atoms with Gasteiger partial charge in [0.1, 0.15) is 6.07 Å². The zero-order valence-corrected chi connectivity index (χ0v) is 7.99. The molecule has 0 heterocycles. The normalized spacial score (nSPS) is 9.53. The van der Waals surface area contributed by atoms with Gasteiger partial charge in [-0.3, -0.25) is 0 Å². The summed E-state index contributed by atoms with van der Waals surface area (Å²) in [6.07, 6.45) is 0. The molecule has 0 aliphatic carbocycles. The molecule has 15 heavy (non-hydrogen) atoms. The van der Waals surface area contributed by atoms with Gasteiger partial charge in [-0.15, -0.1) is 0 Å². The van der Waals surface area contributed by atoms with E-state index in [1.54, 1.807) is 6.07 Å². The second-order valence-electron chi connectivity index (χ2n) is 3.23. The Labute approximate surface area is 88.0 Å². The van der Waals surface area contributed by atoms with E-state index in [9.17, 15) is 0 Å². The van der Waals surface area contributed by atoms with Crippen molar-refractivity contribution in [1.29, 1.82) is 10.5 Å². The first-order chi connectivity index (χ1) is 7.27. The Kier molecular flexibility index (Phi) is 2.12. The highest BCUT2D eigenvalue weighted by Crippen LogP contribution is 2.24. The molecule has 0 saturated heterocycles. The number of hydrogen-bond acceptors (Lipinski definition) is 2. The standard InChI is InChI=1S/C13H7N2/c1-9-6-10(7-14)11-4-2-3-5-12(11)13(9)8-15/h2-6H,1H2. The van der Waals surface area contributed by atoms with E-state index in [4.69, 9.17) is 10.5 Å². The van der Waals surface area contributed by atoms with Crippen molar-refractivity contribution in [1.82, 2.24) is 0 Å². The summed E-state index contributed by atoms with van der Waals surface area (Å²) in [6.45, 7) is 3.78. The Balaban J connectivity index is 3.02. The van der Waals surface area contributed by atoms with Crippen LogP contribution in [0, 0.1) is 29.6 Å². The van der Waals surface area contributed by atoms with Gasteiger partial charge in [-0.1, -0.05) is 24.3 Å². The minimum atomic E-state index is 0.546. The lowest BCUT2D eigenvalue weighted by Gasteiger charge is -2.04. The van der Waals surface area contributed by atoms with Crippen LogP contribution in [-0.2, 0) is 0 Å². The molecule has 2 heteroatoms. The van der Waals surface area contributed by atoms with Crippen molar-refractivity contribution in [2.24, 2.45) is 0 Å². The third kappa shape index (κ3) is 1.33. The Morgan fingerprint density at radius 3 is 2.27 bits per heavy atom. The lowest BCUT2D eigenvalue weighted by Crippen LogP contribution is -1.89. The summed E-state index contributed by atoms with van der Waals surface area (Å²) in [4.78, 5) is 0. The number of benzene rings is 2. The minimum Gasteiger partial charge on any atom is -0.192 e. The van der Waals surface area contributed by atoms with Crippen molar-refractivity contribution in [3.8, 4) is 12.1 Å². The van der Waals surface area contributed by atoms with E-state index in [1.165, 1.54) is 0 Å². The predicted molar refractivity (Wildman–Crippen MR) is 57.8 cm³/mol. The van der Waals surface area contributed by atoms with E-state index in [1.807, 2.05) is 24.3 Å². The van der Waals surface area contributed by atoms with Crippen LogP contribution in [0.5, 0.6) is 0 Å². The fourth-order valence-corrected chi connectivity index (χ4v) is 1.66. The first-order valence-corrected chi connectivity index (χ1v) is 4.46. The van der Waals surface area contributed by atoms with Gasteiger partial charge in [-0.25, -0.2) is 0 Å². The topological polar surface area (TPSA) is 47.6 Å².